The van der Waals surface area contributed by atoms with Crippen LogP contribution in [-0.4, -0.2) is 0 Å². The van der Waals surface area contributed by atoms with Gasteiger partial charge in [-0.1, -0.05) is 6.07 Å². The van der Waals surface area contributed by atoms with Crippen LogP contribution in [0.5, 0.6) is 0 Å². The molecule has 1 atom stereocenters. The fourth-order valence-electron chi connectivity index (χ4n) is 1.42. The molecule has 16 heavy (non-hydrogen) atoms. The molecule has 0 spiro atoms. The SMILES string of the molecule is C[C@@H](NCc1ccc(C#N)s1)c1cccs1. The number of hydrogen-bond donors (Lipinski definition) is 1. The van der Waals surface area contributed by atoms with Crippen LogP contribution in [0.25, 0.3) is 0 Å². The van der Waals surface area contributed by atoms with E-state index < -0.39 is 0 Å². The number of nitrogens with one attached hydrogen (secondary N) is 1. The number of nitriles is 1. The number of hydrogen-bond acceptors (Lipinski definition) is 4. The molecule has 4 heteroatoms. The van der Waals surface area contributed by atoms with Crippen molar-refractivity contribution in [2.24, 2.45) is 0 Å². The molecule has 0 saturated heterocycles. The predicted molar refractivity (Wildman–Crippen MR) is 68.6 cm³/mol. The largest absolute Gasteiger partial charge is 0.305 e. The Morgan fingerprint density at radius 1 is 1.44 bits per heavy atom. The summed E-state index contributed by atoms with van der Waals surface area (Å²) in [5, 5.41) is 14.3. The molecule has 0 bridgehead atoms. The van der Waals surface area contributed by atoms with Gasteiger partial charge in [-0.3, -0.25) is 0 Å². The minimum atomic E-state index is 0.368. The van der Waals surface area contributed by atoms with Gasteiger partial charge in [0.1, 0.15) is 10.9 Å². The van der Waals surface area contributed by atoms with Crippen molar-refractivity contribution in [1.82, 2.24) is 5.32 Å². The van der Waals surface area contributed by atoms with E-state index in [1.807, 2.05) is 12.1 Å². The summed E-state index contributed by atoms with van der Waals surface area (Å²) in [6, 6.07) is 10.6. The van der Waals surface area contributed by atoms with Gasteiger partial charge in [0.2, 0.25) is 0 Å². The molecule has 2 aromatic heterocycles. The summed E-state index contributed by atoms with van der Waals surface area (Å²) in [5.74, 6) is 0. The first-order valence-electron chi connectivity index (χ1n) is 5.05. The van der Waals surface area contributed by atoms with Crippen LogP contribution in [0.1, 0.15) is 27.6 Å². The van der Waals surface area contributed by atoms with E-state index in [1.165, 1.54) is 9.75 Å². The Balaban J connectivity index is 1.90. The van der Waals surface area contributed by atoms with Crippen LogP contribution in [0.3, 0.4) is 0 Å². The highest BCUT2D eigenvalue weighted by Gasteiger charge is 2.06. The molecule has 2 rings (SSSR count). The van der Waals surface area contributed by atoms with Gasteiger partial charge in [0.25, 0.3) is 0 Å². The summed E-state index contributed by atoms with van der Waals surface area (Å²) >= 11 is 3.32. The van der Waals surface area contributed by atoms with Crippen molar-refractivity contribution in [3.8, 4) is 6.07 Å². The van der Waals surface area contributed by atoms with E-state index in [1.54, 1.807) is 22.7 Å². The second-order valence-electron chi connectivity index (χ2n) is 3.50. The Kier molecular flexibility index (Phi) is 3.73. The molecule has 0 unspecified atom stereocenters. The highest BCUT2D eigenvalue weighted by Crippen LogP contribution is 2.20. The van der Waals surface area contributed by atoms with Crippen LogP contribution in [0.2, 0.25) is 0 Å². The monoisotopic (exact) mass is 248 g/mol. The van der Waals surface area contributed by atoms with Crippen LogP contribution >= 0.6 is 22.7 Å². The fourth-order valence-corrected chi connectivity index (χ4v) is 2.94. The Hall–Kier alpha value is -1.15. The maximum atomic E-state index is 8.72. The zero-order valence-corrected chi connectivity index (χ0v) is 10.6. The molecule has 0 amide bonds. The van der Waals surface area contributed by atoms with Crippen molar-refractivity contribution in [1.29, 1.82) is 5.26 Å². The van der Waals surface area contributed by atoms with Crippen molar-refractivity contribution < 1.29 is 0 Å². The summed E-state index contributed by atoms with van der Waals surface area (Å²) in [6.07, 6.45) is 0. The van der Waals surface area contributed by atoms with Crippen molar-refractivity contribution in [3.63, 3.8) is 0 Å². The second-order valence-corrected chi connectivity index (χ2v) is 5.64. The average Bonchev–Trinajstić information content (AvgIpc) is 2.96. The molecule has 0 radical (unpaired) electrons. The minimum Gasteiger partial charge on any atom is -0.305 e. The highest BCUT2D eigenvalue weighted by atomic mass is 32.1. The Morgan fingerprint density at radius 3 is 2.94 bits per heavy atom. The molecule has 1 N–H and O–H groups in total. The third-order valence-corrected chi connectivity index (χ3v) is 4.37. The Morgan fingerprint density at radius 2 is 2.31 bits per heavy atom. The molecular weight excluding hydrogens is 236 g/mol. The van der Waals surface area contributed by atoms with Crippen molar-refractivity contribution in [2.45, 2.75) is 19.5 Å². The lowest BCUT2D eigenvalue weighted by Crippen LogP contribution is -2.16. The molecule has 2 nitrogen and oxygen atoms in total. The highest BCUT2D eigenvalue weighted by molar-refractivity contribution is 7.12. The number of nitrogens with zero attached hydrogens (tertiary/aromatic N) is 1. The first-order valence-corrected chi connectivity index (χ1v) is 6.75. The van der Waals surface area contributed by atoms with Gasteiger partial charge >= 0.3 is 0 Å². The standard InChI is InChI=1S/C12H12N2S2/c1-9(12-3-2-6-15-12)14-8-11-5-4-10(7-13)16-11/h2-6,9,14H,8H2,1H3/t9-/m1/s1. The maximum Gasteiger partial charge on any atom is 0.110 e. The summed E-state index contributed by atoms with van der Waals surface area (Å²) in [5.41, 5.74) is 0. The van der Waals surface area contributed by atoms with E-state index in [2.05, 4.69) is 35.8 Å². The summed E-state index contributed by atoms with van der Waals surface area (Å²) in [6.45, 7) is 2.98. The fraction of sp³-hybridized carbons (Fsp3) is 0.250. The lowest BCUT2D eigenvalue weighted by molar-refractivity contribution is 0.587. The van der Waals surface area contributed by atoms with Crippen LogP contribution in [0.15, 0.2) is 29.6 Å². The van der Waals surface area contributed by atoms with Crippen LogP contribution < -0.4 is 5.32 Å². The van der Waals surface area contributed by atoms with Crippen LogP contribution in [-0.2, 0) is 6.54 Å². The molecule has 0 aromatic carbocycles. The van der Waals surface area contributed by atoms with Gasteiger partial charge in [-0.25, -0.2) is 0 Å². The van der Waals surface area contributed by atoms with Crippen molar-refractivity contribution in [2.75, 3.05) is 0 Å². The second kappa shape index (κ2) is 5.26. The molecule has 0 aliphatic carbocycles. The van der Waals surface area contributed by atoms with Crippen molar-refractivity contribution >= 4 is 22.7 Å². The minimum absolute atomic E-state index is 0.368. The molecule has 82 valence electrons. The first-order chi connectivity index (χ1) is 7.79. The Labute approximate surface area is 103 Å². The lowest BCUT2D eigenvalue weighted by Gasteiger charge is -2.10. The van der Waals surface area contributed by atoms with E-state index in [0.717, 1.165) is 11.4 Å². The maximum absolute atomic E-state index is 8.72. The summed E-state index contributed by atoms with van der Waals surface area (Å²) in [4.78, 5) is 3.33. The molecular formula is C12H12N2S2. The van der Waals surface area contributed by atoms with Gasteiger partial charge in [0.05, 0.1) is 0 Å². The third-order valence-electron chi connectivity index (χ3n) is 2.32. The van der Waals surface area contributed by atoms with E-state index in [9.17, 15) is 0 Å². The quantitative estimate of drug-likeness (QED) is 0.898. The molecule has 2 heterocycles. The van der Waals surface area contributed by atoms with Gasteiger partial charge < -0.3 is 5.32 Å². The van der Waals surface area contributed by atoms with Gasteiger partial charge in [-0.05, 0) is 30.5 Å². The van der Waals surface area contributed by atoms with E-state index >= 15 is 0 Å². The topological polar surface area (TPSA) is 35.8 Å². The predicted octanol–water partition coefficient (Wildman–Crippen LogP) is 3.53. The van der Waals surface area contributed by atoms with Gasteiger partial charge in [-0.2, -0.15) is 5.26 Å². The average molecular weight is 248 g/mol. The normalized spacial score (nSPS) is 12.2. The summed E-state index contributed by atoms with van der Waals surface area (Å²) in [7, 11) is 0. The van der Waals surface area contributed by atoms with Crippen LogP contribution in [0, 0.1) is 11.3 Å². The smallest absolute Gasteiger partial charge is 0.110 e. The first kappa shape index (κ1) is 11.3. The number of rotatable bonds is 4. The number of thiophene rings is 2. The van der Waals surface area contributed by atoms with E-state index in [4.69, 9.17) is 5.26 Å². The zero-order valence-electron chi connectivity index (χ0n) is 8.93. The molecule has 0 saturated carbocycles. The van der Waals surface area contributed by atoms with E-state index in [0.29, 0.717) is 6.04 Å². The molecule has 0 aliphatic rings. The van der Waals surface area contributed by atoms with Gasteiger partial charge in [-0.15, -0.1) is 22.7 Å². The summed E-state index contributed by atoms with van der Waals surface area (Å²) < 4.78 is 0. The molecule has 0 fully saturated rings. The lowest BCUT2D eigenvalue weighted by atomic mass is 10.3. The van der Waals surface area contributed by atoms with Gasteiger partial charge in [0, 0.05) is 22.3 Å². The third kappa shape index (κ3) is 2.70. The van der Waals surface area contributed by atoms with Gasteiger partial charge in [0.15, 0.2) is 0 Å². The molecule has 0 aliphatic heterocycles. The zero-order chi connectivity index (χ0) is 11.4. The Bertz CT molecular complexity index is 479. The van der Waals surface area contributed by atoms with E-state index in [-0.39, 0.29) is 0 Å². The van der Waals surface area contributed by atoms with Crippen LogP contribution in [0.4, 0.5) is 0 Å². The molecule has 2 aromatic rings. The van der Waals surface area contributed by atoms with Crippen molar-refractivity contribution in [3.05, 3.63) is 44.3 Å².